The van der Waals surface area contributed by atoms with Crippen LogP contribution in [0.2, 0.25) is 0 Å². The quantitative estimate of drug-likeness (QED) is 0.906. The van der Waals surface area contributed by atoms with Gasteiger partial charge in [-0.3, -0.25) is 0 Å². The predicted molar refractivity (Wildman–Crippen MR) is 74.3 cm³/mol. The van der Waals surface area contributed by atoms with Gasteiger partial charge in [0, 0.05) is 33.0 Å². The first-order chi connectivity index (χ1) is 9.34. The van der Waals surface area contributed by atoms with Crippen LogP contribution in [-0.4, -0.2) is 22.7 Å². The van der Waals surface area contributed by atoms with Gasteiger partial charge in [-0.2, -0.15) is 0 Å². The van der Waals surface area contributed by atoms with E-state index < -0.39 is 0 Å². The van der Waals surface area contributed by atoms with Crippen LogP contribution in [0.15, 0.2) is 30.3 Å². The minimum atomic E-state index is 0.668. The number of imidazole rings is 1. The Morgan fingerprint density at radius 2 is 2.16 bits per heavy atom. The van der Waals surface area contributed by atoms with E-state index in [0.29, 0.717) is 6.61 Å². The Balaban J connectivity index is 1.63. The monoisotopic (exact) mass is 257 g/mol. The molecule has 0 atom stereocenters. The fourth-order valence-electron chi connectivity index (χ4n) is 2.48. The molecule has 0 fully saturated rings. The summed E-state index contributed by atoms with van der Waals surface area (Å²) in [6.45, 7) is 2.63. The highest BCUT2D eigenvalue weighted by atomic mass is 16.5. The van der Waals surface area contributed by atoms with Gasteiger partial charge in [0.25, 0.3) is 0 Å². The number of hydrogen-bond acceptors (Lipinski definition) is 3. The Morgan fingerprint density at radius 1 is 1.32 bits per heavy atom. The van der Waals surface area contributed by atoms with Crippen LogP contribution in [0.1, 0.15) is 17.2 Å². The summed E-state index contributed by atoms with van der Waals surface area (Å²) in [4.78, 5) is 4.72. The third kappa shape index (κ3) is 2.63. The first kappa shape index (κ1) is 12.2. The van der Waals surface area contributed by atoms with E-state index in [4.69, 9.17) is 9.72 Å². The number of nitrogens with one attached hydrogen (secondary N) is 1. The number of ether oxygens (including phenoxy) is 1. The topological polar surface area (TPSA) is 39.1 Å². The summed E-state index contributed by atoms with van der Waals surface area (Å²) < 4.78 is 7.93. The second-order valence-corrected chi connectivity index (χ2v) is 4.82. The number of hydrogen-bond donors (Lipinski definition) is 1. The van der Waals surface area contributed by atoms with Gasteiger partial charge in [0.15, 0.2) is 0 Å². The zero-order valence-electron chi connectivity index (χ0n) is 11.2. The maximum atomic E-state index is 5.73. The molecule has 0 unspecified atom stereocenters. The second kappa shape index (κ2) is 5.45. The van der Waals surface area contributed by atoms with Gasteiger partial charge in [-0.1, -0.05) is 18.2 Å². The average Bonchev–Trinajstić information content (AvgIpc) is 2.78. The smallest absolute Gasteiger partial charge is 0.119 e. The summed E-state index contributed by atoms with van der Waals surface area (Å²) in [7, 11) is 2.09. The van der Waals surface area contributed by atoms with Crippen molar-refractivity contribution in [1.29, 1.82) is 0 Å². The molecule has 1 aliphatic heterocycles. The fourth-order valence-corrected chi connectivity index (χ4v) is 2.48. The summed E-state index contributed by atoms with van der Waals surface area (Å²) >= 11 is 0. The van der Waals surface area contributed by atoms with Gasteiger partial charge in [0.05, 0.1) is 18.0 Å². The zero-order valence-corrected chi connectivity index (χ0v) is 11.2. The van der Waals surface area contributed by atoms with Gasteiger partial charge < -0.3 is 14.6 Å². The van der Waals surface area contributed by atoms with Crippen LogP contribution in [0.25, 0.3) is 0 Å². The predicted octanol–water partition coefficient (Wildman–Crippen LogP) is 1.69. The summed E-state index contributed by atoms with van der Waals surface area (Å²) in [5.74, 6) is 2.03. The van der Waals surface area contributed by atoms with E-state index >= 15 is 0 Å². The molecule has 0 radical (unpaired) electrons. The van der Waals surface area contributed by atoms with E-state index in [9.17, 15) is 0 Å². The summed E-state index contributed by atoms with van der Waals surface area (Å²) in [6.07, 6.45) is 1.88. The van der Waals surface area contributed by atoms with Crippen LogP contribution in [0, 0.1) is 0 Å². The number of nitrogens with zero attached hydrogens (tertiary/aromatic N) is 2. The van der Waals surface area contributed by atoms with E-state index in [1.54, 1.807) is 0 Å². The van der Waals surface area contributed by atoms with E-state index in [2.05, 4.69) is 16.9 Å². The van der Waals surface area contributed by atoms with Gasteiger partial charge >= 0.3 is 0 Å². The molecule has 0 saturated heterocycles. The van der Waals surface area contributed by atoms with Crippen LogP contribution in [0.4, 0.5) is 0 Å². The largest absolute Gasteiger partial charge is 0.493 e. The molecule has 4 heteroatoms. The lowest BCUT2D eigenvalue weighted by Gasteiger charge is -2.13. The molecule has 4 nitrogen and oxygen atoms in total. The van der Waals surface area contributed by atoms with Crippen molar-refractivity contribution in [3.05, 3.63) is 47.5 Å². The maximum absolute atomic E-state index is 5.73. The summed E-state index contributed by atoms with van der Waals surface area (Å²) in [5.41, 5.74) is 2.57. The highest BCUT2D eigenvalue weighted by Gasteiger charge is 2.17. The fraction of sp³-hybridized carbons (Fsp3) is 0.400. The van der Waals surface area contributed by atoms with Crippen molar-refractivity contribution in [2.24, 2.45) is 7.05 Å². The van der Waals surface area contributed by atoms with Crippen LogP contribution in [0.5, 0.6) is 5.75 Å². The van der Waals surface area contributed by atoms with E-state index in [-0.39, 0.29) is 0 Å². The molecule has 0 aliphatic carbocycles. The summed E-state index contributed by atoms with van der Waals surface area (Å²) in [5, 5.41) is 3.38. The van der Waals surface area contributed by atoms with Crippen LogP contribution in [0.3, 0.4) is 0 Å². The Kier molecular flexibility index (Phi) is 3.51. The van der Waals surface area contributed by atoms with Crippen molar-refractivity contribution in [1.82, 2.24) is 14.9 Å². The molecule has 0 spiro atoms. The van der Waals surface area contributed by atoms with Crippen LogP contribution < -0.4 is 10.1 Å². The number of rotatable bonds is 4. The van der Waals surface area contributed by atoms with Gasteiger partial charge in [0.1, 0.15) is 11.6 Å². The number of aromatic nitrogens is 2. The van der Waals surface area contributed by atoms with Gasteiger partial charge in [-0.15, -0.1) is 0 Å². The molecule has 0 bridgehead atoms. The van der Waals surface area contributed by atoms with Crippen molar-refractivity contribution < 1.29 is 4.74 Å². The first-order valence-corrected chi connectivity index (χ1v) is 6.76. The van der Waals surface area contributed by atoms with Gasteiger partial charge in [-0.05, 0) is 12.1 Å². The number of fused-ring (bicyclic) bond motifs is 1. The standard InChI is InChI=1S/C15H19N3O/c1-18-14-11-16-9-7-13(14)17-15(18)8-10-19-12-5-3-2-4-6-12/h2-6,16H,7-11H2,1H3. The highest BCUT2D eigenvalue weighted by Crippen LogP contribution is 2.15. The van der Waals surface area contributed by atoms with Crippen molar-refractivity contribution in [3.63, 3.8) is 0 Å². The molecule has 19 heavy (non-hydrogen) atoms. The van der Waals surface area contributed by atoms with E-state index in [0.717, 1.165) is 37.5 Å². The van der Waals surface area contributed by atoms with Crippen molar-refractivity contribution in [2.45, 2.75) is 19.4 Å². The Morgan fingerprint density at radius 3 is 2.95 bits per heavy atom. The van der Waals surface area contributed by atoms with Crippen molar-refractivity contribution in [2.75, 3.05) is 13.2 Å². The summed E-state index contributed by atoms with van der Waals surface area (Å²) in [6, 6.07) is 9.92. The zero-order chi connectivity index (χ0) is 13.1. The van der Waals surface area contributed by atoms with Crippen LogP contribution >= 0.6 is 0 Å². The lowest BCUT2D eigenvalue weighted by Crippen LogP contribution is -2.24. The maximum Gasteiger partial charge on any atom is 0.119 e. The Bertz CT molecular complexity index is 548. The molecule has 1 aromatic carbocycles. The first-order valence-electron chi connectivity index (χ1n) is 6.76. The normalized spacial score (nSPS) is 14.2. The second-order valence-electron chi connectivity index (χ2n) is 4.82. The lowest BCUT2D eigenvalue weighted by molar-refractivity contribution is 0.317. The molecule has 100 valence electrons. The van der Waals surface area contributed by atoms with Crippen molar-refractivity contribution >= 4 is 0 Å². The van der Waals surface area contributed by atoms with E-state index in [1.165, 1.54) is 11.4 Å². The Hall–Kier alpha value is -1.81. The highest BCUT2D eigenvalue weighted by molar-refractivity contribution is 5.22. The SMILES string of the molecule is Cn1c(CCOc2ccccc2)nc2c1CNCC2. The molecular weight excluding hydrogens is 238 g/mol. The molecule has 1 aliphatic rings. The molecule has 2 heterocycles. The van der Waals surface area contributed by atoms with Gasteiger partial charge in [0.2, 0.25) is 0 Å². The molecule has 1 N–H and O–H groups in total. The minimum absolute atomic E-state index is 0.668. The molecule has 1 aromatic heterocycles. The van der Waals surface area contributed by atoms with Crippen LogP contribution in [-0.2, 0) is 26.4 Å². The van der Waals surface area contributed by atoms with E-state index in [1.807, 2.05) is 30.3 Å². The molecule has 0 amide bonds. The number of para-hydroxylation sites is 1. The molecule has 3 rings (SSSR count). The third-order valence-corrected chi connectivity index (χ3v) is 3.56. The molecule has 2 aromatic rings. The molecular formula is C15H19N3O. The Labute approximate surface area is 113 Å². The lowest BCUT2D eigenvalue weighted by atomic mass is 10.2. The third-order valence-electron chi connectivity index (χ3n) is 3.56. The average molecular weight is 257 g/mol. The number of benzene rings is 1. The molecule has 0 saturated carbocycles. The minimum Gasteiger partial charge on any atom is -0.493 e. The van der Waals surface area contributed by atoms with Gasteiger partial charge in [-0.25, -0.2) is 4.98 Å². The van der Waals surface area contributed by atoms with Crippen molar-refractivity contribution in [3.8, 4) is 5.75 Å².